The summed E-state index contributed by atoms with van der Waals surface area (Å²) in [6.45, 7) is 9.28. The number of nitrogens with zero attached hydrogens (tertiary/aromatic N) is 4. The summed E-state index contributed by atoms with van der Waals surface area (Å²) < 4.78 is 0. The maximum absolute atomic E-state index is 4.67. The van der Waals surface area contributed by atoms with Crippen molar-refractivity contribution in [1.29, 1.82) is 0 Å². The van der Waals surface area contributed by atoms with Crippen LogP contribution < -0.4 is 15.1 Å². The first-order valence-corrected chi connectivity index (χ1v) is 8.90. The molecule has 0 saturated carbocycles. The fraction of sp³-hybridized carbons (Fsp3) is 0.474. The van der Waals surface area contributed by atoms with Crippen LogP contribution >= 0.6 is 0 Å². The molecule has 1 aliphatic heterocycles. The molecule has 0 amide bonds. The van der Waals surface area contributed by atoms with Gasteiger partial charge in [-0.25, -0.2) is 4.98 Å². The molecule has 3 rings (SSSR count). The van der Waals surface area contributed by atoms with E-state index in [4.69, 9.17) is 0 Å². The number of nitrogens with one attached hydrogen (secondary N) is 1. The number of piperazine rings is 1. The number of aromatic nitrogens is 2. The summed E-state index contributed by atoms with van der Waals surface area (Å²) in [5, 5.41) is 3.31. The van der Waals surface area contributed by atoms with Crippen LogP contribution in [0.15, 0.2) is 36.5 Å². The van der Waals surface area contributed by atoms with Gasteiger partial charge in [-0.1, -0.05) is 25.5 Å². The first-order valence-electron chi connectivity index (χ1n) is 8.90. The average molecular weight is 325 g/mol. The average Bonchev–Trinajstić information content (AvgIpc) is 2.62. The highest BCUT2D eigenvalue weighted by Gasteiger charge is 2.18. The molecule has 0 radical (unpaired) electrons. The van der Waals surface area contributed by atoms with Crippen LogP contribution in [0.1, 0.15) is 25.3 Å². The van der Waals surface area contributed by atoms with Crippen LogP contribution in [-0.2, 0) is 0 Å². The monoisotopic (exact) mass is 325 g/mol. The summed E-state index contributed by atoms with van der Waals surface area (Å²) >= 11 is 0. The third kappa shape index (κ3) is 4.16. The molecule has 1 fully saturated rings. The smallest absolute Gasteiger partial charge is 0.224 e. The van der Waals surface area contributed by atoms with E-state index in [2.05, 4.69) is 63.2 Å². The van der Waals surface area contributed by atoms with Crippen molar-refractivity contribution in [2.75, 3.05) is 47.8 Å². The Morgan fingerprint density at radius 1 is 1.08 bits per heavy atom. The van der Waals surface area contributed by atoms with E-state index in [0.29, 0.717) is 0 Å². The summed E-state index contributed by atoms with van der Waals surface area (Å²) in [6.07, 6.45) is 4.17. The van der Waals surface area contributed by atoms with Crippen LogP contribution in [0.2, 0.25) is 0 Å². The van der Waals surface area contributed by atoms with Crippen LogP contribution in [0.3, 0.4) is 0 Å². The molecule has 24 heavy (non-hydrogen) atoms. The fourth-order valence-electron chi connectivity index (χ4n) is 3.01. The van der Waals surface area contributed by atoms with Crippen molar-refractivity contribution in [2.45, 2.75) is 26.7 Å². The summed E-state index contributed by atoms with van der Waals surface area (Å²) in [4.78, 5) is 13.8. The lowest BCUT2D eigenvalue weighted by molar-refractivity contribution is 0.647. The van der Waals surface area contributed by atoms with E-state index in [-0.39, 0.29) is 0 Å². The van der Waals surface area contributed by atoms with Crippen LogP contribution in [0, 0.1) is 6.92 Å². The van der Waals surface area contributed by atoms with Gasteiger partial charge in [-0.3, -0.25) is 0 Å². The van der Waals surface area contributed by atoms with Crippen molar-refractivity contribution in [1.82, 2.24) is 9.97 Å². The molecule has 0 unspecified atom stereocenters. The van der Waals surface area contributed by atoms with Crippen molar-refractivity contribution in [3.63, 3.8) is 0 Å². The van der Waals surface area contributed by atoms with Gasteiger partial charge in [0.25, 0.3) is 0 Å². The third-order valence-corrected chi connectivity index (χ3v) is 4.42. The number of anilines is 3. The molecular weight excluding hydrogens is 298 g/mol. The van der Waals surface area contributed by atoms with Gasteiger partial charge < -0.3 is 15.1 Å². The van der Waals surface area contributed by atoms with Crippen molar-refractivity contribution in [2.24, 2.45) is 0 Å². The minimum atomic E-state index is 0.738. The van der Waals surface area contributed by atoms with E-state index >= 15 is 0 Å². The molecule has 0 atom stereocenters. The van der Waals surface area contributed by atoms with Gasteiger partial charge >= 0.3 is 0 Å². The third-order valence-electron chi connectivity index (χ3n) is 4.42. The SMILES string of the molecule is CCCCNc1nccc(N2CCN(c3cccc(C)c3)CC2)n1. The first kappa shape index (κ1) is 16.6. The Morgan fingerprint density at radius 2 is 1.88 bits per heavy atom. The Balaban J connectivity index is 1.59. The lowest BCUT2D eigenvalue weighted by atomic mass is 10.2. The van der Waals surface area contributed by atoms with Crippen LogP contribution in [0.4, 0.5) is 17.5 Å². The minimum absolute atomic E-state index is 0.738. The van der Waals surface area contributed by atoms with Gasteiger partial charge in [0.15, 0.2) is 0 Å². The fourth-order valence-corrected chi connectivity index (χ4v) is 3.01. The highest BCUT2D eigenvalue weighted by atomic mass is 15.3. The number of hydrogen-bond donors (Lipinski definition) is 1. The maximum Gasteiger partial charge on any atom is 0.224 e. The molecule has 2 aromatic rings. The van der Waals surface area contributed by atoms with Gasteiger partial charge in [-0.05, 0) is 37.1 Å². The zero-order valence-corrected chi connectivity index (χ0v) is 14.7. The molecule has 0 bridgehead atoms. The van der Waals surface area contributed by atoms with Crippen molar-refractivity contribution < 1.29 is 0 Å². The van der Waals surface area contributed by atoms with E-state index in [9.17, 15) is 0 Å². The molecule has 128 valence electrons. The summed E-state index contributed by atoms with van der Waals surface area (Å²) in [6, 6.07) is 10.7. The highest BCUT2D eigenvalue weighted by molar-refractivity contribution is 5.51. The van der Waals surface area contributed by atoms with E-state index < -0.39 is 0 Å². The van der Waals surface area contributed by atoms with Crippen LogP contribution in [0.25, 0.3) is 0 Å². The number of rotatable bonds is 6. The summed E-state index contributed by atoms with van der Waals surface area (Å²) in [7, 11) is 0. The predicted molar refractivity (Wildman–Crippen MR) is 101 cm³/mol. The zero-order valence-electron chi connectivity index (χ0n) is 14.7. The standard InChI is InChI=1S/C19H27N5/c1-3-4-9-20-19-21-10-8-18(22-19)24-13-11-23(12-14-24)17-7-5-6-16(2)15-17/h5-8,10,15H,3-4,9,11-14H2,1-2H3,(H,20,21,22). The molecule has 1 N–H and O–H groups in total. The van der Waals surface area contributed by atoms with Gasteiger partial charge in [0.1, 0.15) is 5.82 Å². The second-order valence-electron chi connectivity index (χ2n) is 6.33. The van der Waals surface area contributed by atoms with Crippen molar-refractivity contribution >= 4 is 17.5 Å². The normalized spacial score (nSPS) is 14.8. The molecule has 5 heteroatoms. The molecule has 1 aromatic carbocycles. The number of aryl methyl sites for hydroxylation is 1. The Hall–Kier alpha value is -2.30. The van der Waals surface area contributed by atoms with E-state index in [1.807, 2.05) is 12.3 Å². The molecule has 2 heterocycles. The minimum Gasteiger partial charge on any atom is -0.368 e. The quantitative estimate of drug-likeness (QED) is 0.825. The molecule has 5 nitrogen and oxygen atoms in total. The first-order chi connectivity index (χ1) is 11.8. The topological polar surface area (TPSA) is 44.3 Å². The Morgan fingerprint density at radius 3 is 2.62 bits per heavy atom. The van der Waals surface area contributed by atoms with Gasteiger partial charge in [-0.2, -0.15) is 4.98 Å². The van der Waals surface area contributed by atoms with E-state index in [1.165, 1.54) is 17.7 Å². The van der Waals surface area contributed by atoms with E-state index in [0.717, 1.165) is 50.9 Å². The molecule has 1 saturated heterocycles. The second-order valence-corrected chi connectivity index (χ2v) is 6.33. The summed E-state index contributed by atoms with van der Waals surface area (Å²) in [5.74, 6) is 1.76. The summed E-state index contributed by atoms with van der Waals surface area (Å²) in [5.41, 5.74) is 2.63. The zero-order chi connectivity index (χ0) is 16.8. The highest BCUT2D eigenvalue weighted by Crippen LogP contribution is 2.20. The largest absolute Gasteiger partial charge is 0.368 e. The van der Waals surface area contributed by atoms with Crippen LogP contribution in [0.5, 0.6) is 0 Å². The van der Waals surface area contributed by atoms with Crippen LogP contribution in [-0.4, -0.2) is 42.7 Å². The number of hydrogen-bond acceptors (Lipinski definition) is 5. The molecule has 1 aromatic heterocycles. The van der Waals surface area contributed by atoms with Crippen molar-refractivity contribution in [3.8, 4) is 0 Å². The second kappa shape index (κ2) is 7.99. The molecule has 0 spiro atoms. The predicted octanol–water partition coefficient (Wildman–Crippen LogP) is 3.32. The lowest BCUT2D eigenvalue weighted by Gasteiger charge is -2.36. The molecule has 0 aliphatic carbocycles. The molecular formula is C19H27N5. The van der Waals surface area contributed by atoms with E-state index in [1.54, 1.807) is 0 Å². The maximum atomic E-state index is 4.67. The van der Waals surface area contributed by atoms with Gasteiger partial charge in [0.2, 0.25) is 5.95 Å². The lowest BCUT2D eigenvalue weighted by Crippen LogP contribution is -2.46. The van der Waals surface area contributed by atoms with Gasteiger partial charge in [-0.15, -0.1) is 0 Å². The number of benzene rings is 1. The van der Waals surface area contributed by atoms with Crippen molar-refractivity contribution in [3.05, 3.63) is 42.1 Å². The van der Waals surface area contributed by atoms with Gasteiger partial charge in [0.05, 0.1) is 0 Å². The Labute approximate surface area is 144 Å². The Bertz CT molecular complexity index is 650. The Kier molecular flexibility index (Phi) is 5.51. The number of unbranched alkanes of at least 4 members (excludes halogenated alkanes) is 1. The van der Waals surface area contributed by atoms with Gasteiger partial charge in [0, 0.05) is 44.6 Å². The molecule has 1 aliphatic rings.